The van der Waals surface area contributed by atoms with Crippen LogP contribution in [0.4, 0.5) is 5.69 Å². The normalized spacial score (nSPS) is 23.5. The summed E-state index contributed by atoms with van der Waals surface area (Å²) in [5.74, 6) is -0.562. The summed E-state index contributed by atoms with van der Waals surface area (Å²) in [5, 5.41) is 9.00. The standard InChI is InChI=1S/C16H21NO4/c17-13-4-3-11(15(18)19)9-14(13)20-10-12-5-8-16(21-12)6-1-2-7-16/h3-4,9,12H,1-2,5-8,10,17H2,(H,18,19). The first-order valence-electron chi connectivity index (χ1n) is 7.51. The number of ether oxygens (including phenoxy) is 2. The summed E-state index contributed by atoms with van der Waals surface area (Å²) in [5.41, 5.74) is 6.55. The number of carboxylic acids is 1. The zero-order valence-electron chi connectivity index (χ0n) is 12.0. The van der Waals surface area contributed by atoms with Gasteiger partial charge in [0.05, 0.1) is 23.0 Å². The van der Waals surface area contributed by atoms with Crippen LogP contribution in [0, 0.1) is 0 Å². The van der Waals surface area contributed by atoms with E-state index >= 15 is 0 Å². The molecular weight excluding hydrogens is 270 g/mol. The molecule has 0 amide bonds. The van der Waals surface area contributed by atoms with Gasteiger partial charge in [0, 0.05) is 0 Å². The van der Waals surface area contributed by atoms with Gasteiger partial charge >= 0.3 is 5.97 Å². The Hall–Kier alpha value is -1.75. The fourth-order valence-corrected chi connectivity index (χ4v) is 3.38. The lowest BCUT2D eigenvalue weighted by Crippen LogP contribution is -2.27. The molecule has 1 saturated heterocycles. The van der Waals surface area contributed by atoms with Crippen LogP contribution in [0.1, 0.15) is 48.9 Å². The topological polar surface area (TPSA) is 81.8 Å². The minimum absolute atomic E-state index is 0.0796. The summed E-state index contributed by atoms with van der Waals surface area (Å²) >= 11 is 0. The van der Waals surface area contributed by atoms with Crippen molar-refractivity contribution in [3.8, 4) is 5.75 Å². The Labute approximate surface area is 124 Å². The molecular formula is C16H21NO4. The highest BCUT2D eigenvalue weighted by atomic mass is 16.6. The highest BCUT2D eigenvalue weighted by Gasteiger charge is 2.42. The highest BCUT2D eigenvalue weighted by molar-refractivity contribution is 5.89. The fourth-order valence-electron chi connectivity index (χ4n) is 3.38. The van der Waals surface area contributed by atoms with E-state index in [9.17, 15) is 4.79 Å². The van der Waals surface area contributed by atoms with Crippen molar-refractivity contribution in [3.05, 3.63) is 23.8 Å². The molecule has 1 aromatic carbocycles. The SMILES string of the molecule is Nc1ccc(C(=O)O)cc1OCC1CCC2(CCCC2)O1. The smallest absolute Gasteiger partial charge is 0.335 e. The quantitative estimate of drug-likeness (QED) is 0.834. The number of nitrogen functional groups attached to an aromatic ring is 1. The van der Waals surface area contributed by atoms with E-state index in [4.69, 9.17) is 20.3 Å². The first-order chi connectivity index (χ1) is 10.1. The first-order valence-corrected chi connectivity index (χ1v) is 7.51. The third kappa shape index (κ3) is 2.97. The lowest BCUT2D eigenvalue weighted by Gasteiger charge is -2.24. The molecule has 0 bridgehead atoms. The molecule has 1 aliphatic carbocycles. The Balaban J connectivity index is 1.60. The van der Waals surface area contributed by atoms with Gasteiger partial charge in [0.25, 0.3) is 0 Å². The molecule has 2 aliphatic rings. The number of carboxylic acid groups (broad SMARTS) is 1. The third-order valence-corrected chi connectivity index (χ3v) is 4.54. The van der Waals surface area contributed by atoms with Crippen molar-refractivity contribution >= 4 is 11.7 Å². The van der Waals surface area contributed by atoms with Gasteiger partial charge in [-0.3, -0.25) is 0 Å². The molecule has 1 saturated carbocycles. The maximum Gasteiger partial charge on any atom is 0.335 e. The average molecular weight is 291 g/mol. The molecule has 5 nitrogen and oxygen atoms in total. The predicted molar refractivity (Wildman–Crippen MR) is 78.6 cm³/mol. The largest absolute Gasteiger partial charge is 0.489 e. The van der Waals surface area contributed by atoms with Crippen LogP contribution in [0.5, 0.6) is 5.75 Å². The number of rotatable bonds is 4. The number of carbonyl (C=O) groups is 1. The molecule has 21 heavy (non-hydrogen) atoms. The van der Waals surface area contributed by atoms with Gasteiger partial charge in [-0.1, -0.05) is 12.8 Å². The second kappa shape index (κ2) is 5.56. The van der Waals surface area contributed by atoms with Crippen LogP contribution in [0.25, 0.3) is 0 Å². The summed E-state index contributed by atoms with van der Waals surface area (Å²) in [7, 11) is 0. The lowest BCUT2D eigenvalue weighted by atomic mass is 9.98. The van der Waals surface area contributed by atoms with Crippen molar-refractivity contribution < 1.29 is 19.4 Å². The van der Waals surface area contributed by atoms with Crippen LogP contribution in [0.15, 0.2) is 18.2 Å². The van der Waals surface area contributed by atoms with Gasteiger partial charge in [0.15, 0.2) is 0 Å². The molecule has 0 radical (unpaired) electrons. The van der Waals surface area contributed by atoms with E-state index in [0.717, 1.165) is 25.7 Å². The van der Waals surface area contributed by atoms with Gasteiger partial charge in [-0.05, 0) is 43.9 Å². The van der Waals surface area contributed by atoms with Gasteiger partial charge < -0.3 is 20.3 Å². The maximum absolute atomic E-state index is 11.0. The fraction of sp³-hybridized carbons (Fsp3) is 0.562. The summed E-state index contributed by atoms with van der Waals surface area (Å²) in [4.78, 5) is 11.0. The van der Waals surface area contributed by atoms with E-state index in [1.54, 1.807) is 6.07 Å². The van der Waals surface area contributed by atoms with E-state index < -0.39 is 5.97 Å². The lowest BCUT2D eigenvalue weighted by molar-refractivity contribution is -0.0508. The van der Waals surface area contributed by atoms with Crippen LogP contribution in [0.2, 0.25) is 0 Å². The van der Waals surface area contributed by atoms with Crippen molar-refractivity contribution in [1.82, 2.24) is 0 Å². The third-order valence-electron chi connectivity index (χ3n) is 4.54. The number of nitrogens with two attached hydrogens (primary N) is 1. The molecule has 3 N–H and O–H groups in total. The minimum atomic E-state index is -0.984. The molecule has 1 unspecified atom stereocenters. The van der Waals surface area contributed by atoms with Crippen molar-refractivity contribution in [1.29, 1.82) is 0 Å². The molecule has 3 rings (SSSR count). The monoisotopic (exact) mass is 291 g/mol. The Bertz CT molecular complexity index is 537. The second-order valence-corrected chi connectivity index (χ2v) is 6.04. The summed E-state index contributed by atoms with van der Waals surface area (Å²) in [6, 6.07) is 4.51. The molecule has 5 heteroatoms. The zero-order valence-corrected chi connectivity index (χ0v) is 12.0. The van der Waals surface area contributed by atoms with Crippen molar-refractivity contribution in [2.45, 2.75) is 50.2 Å². The molecule has 1 heterocycles. The average Bonchev–Trinajstić information content (AvgIpc) is 3.08. The molecule has 0 aromatic heterocycles. The zero-order chi connectivity index (χ0) is 14.9. The van der Waals surface area contributed by atoms with Crippen LogP contribution >= 0.6 is 0 Å². The highest BCUT2D eigenvalue weighted by Crippen LogP contribution is 2.43. The van der Waals surface area contributed by atoms with Crippen LogP contribution < -0.4 is 10.5 Å². The number of benzene rings is 1. The Morgan fingerprint density at radius 1 is 1.38 bits per heavy atom. The number of hydrogen-bond acceptors (Lipinski definition) is 4. The van der Waals surface area contributed by atoms with E-state index in [-0.39, 0.29) is 17.3 Å². The number of anilines is 1. The number of hydrogen-bond donors (Lipinski definition) is 2. The van der Waals surface area contributed by atoms with Gasteiger partial charge in [0.1, 0.15) is 12.4 Å². The van der Waals surface area contributed by atoms with Crippen molar-refractivity contribution in [2.75, 3.05) is 12.3 Å². The van der Waals surface area contributed by atoms with Crippen LogP contribution in [-0.2, 0) is 4.74 Å². The summed E-state index contributed by atoms with van der Waals surface area (Å²) in [6.45, 7) is 0.426. The van der Waals surface area contributed by atoms with E-state index in [1.165, 1.54) is 25.0 Å². The van der Waals surface area contributed by atoms with Gasteiger partial charge in [-0.25, -0.2) is 4.79 Å². The van der Waals surface area contributed by atoms with E-state index in [2.05, 4.69) is 0 Å². The van der Waals surface area contributed by atoms with Crippen molar-refractivity contribution in [2.24, 2.45) is 0 Å². The molecule has 2 fully saturated rings. The summed E-state index contributed by atoms with van der Waals surface area (Å²) < 4.78 is 11.9. The molecule has 1 atom stereocenters. The van der Waals surface area contributed by atoms with Crippen molar-refractivity contribution in [3.63, 3.8) is 0 Å². The maximum atomic E-state index is 11.0. The Morgan fingerprint density at radius 2 is 2.14 bits per heavy atom. The predicted octanol–water partition coefficient (Wildman–Crippen LogP) is 2.84. The Kier molecular flexibility index (Phi) is 3.76. The Morgan fingerprint density at radius 3 is 2.86 bits per heavy atom. The van der Waals surface area contributed by atoms with Gasteiger partial charge in [-0.2, -0.15) is 0 Å². The summed E-state index contributed by atoms with van der Waals surface area (Å²) in [6.07, 6.45) is 6.99. The second-order valence-electron chi connectivity index (χ2n) is 6.04. The van der Waals surface area contributed by atoms with Crippen LogP contribution in [0.3, 0.4) is 0 Å². The van der Waals surface area contributed by atoms with E-state index in [1.807, 2.05) is 0 Å². The molecule has 1 spiro atoms. The van der Waals surface area contributed by atoms with Gasteiger partial charge in [0.2, 0.25) is 0 Å². The molecule has 114 valence electrons. The van der Waals surface area contributed by atoms with Gasteiger partial charge in [-0.15, -0.1) is 0 Å². The number of aromatic carboxylic acids is 1. The molecule has 1 aliphatic heterocycles. The van der Waals surface area contributed by atoms with Crippen LogP contribution in [-0.4, -0.2) is 29.4 Å². The first kappa shape index (κ1) is 14.2. The van der Waals surface area contributed by atoms with E-state index in [0.29, 0.717) is 18.0 Å². The molecule has 1 aromatic rings. The minimum Gasteiger partial charge on any atom is -0.489 e.